The third kappa shape index (κ3) is 3.79. The molecule has 0 saturated carbocycles. The lowest BCUT2D eigenvalue weighted by Gasteiger charge is -2.16. The summed E-state index contributed by atoms with van der Waals surface area (Å²) in [4.78, 5) is 11.6. The molecule has 0 aliphatic rings. The molecule has 0 fully saturated rings. The second kappa shape index (κ2) is 7.42. The molecule has 1 N–H and O–H groups in total. The van der Waals surface area contributed by atoms with E-state index in [2.05, 4.69) is 0 Å². The maximum absolute atomic E-state index is 12.9. The van der Waals surface area contributed by atoms with Crippen molar-refractivity contribution in [2.24, 2.45) is 0 Å². The SMILES string of the molecule is CCCCC(C(=O)O)S(=O)(=O)c1ccccc1-c1ccccc1. The third-order valence-corrected chi connectivity index (χ3v) is 5.90. The minimum absolute atomic E-state index is 0.0784. The van der Waals surface area contributed by atoms with Crippen molar-refractivity contribution in [1.82, 2.24) is 0 Å². The van der Waals surface area contributed by atoms with Gasteiger partial charge in [-0.25, -0.2) is 8.42 Å². The molecular formula is C18H20O4S. The molecule has 0 spiro atoms. The fourth-order valence-corrected chi connectivity index (χ4v) is 4.33. The normalized spacial score (nSPS) is 12.7. The summed E-state index contributed by atoms with van der Waals surface area (Å²) in [6, 6.07) is 15.7. The average molecular weight is 332 g/mol. The fraction of sp³-hybridized carbons (Fsp3) is 0.278. The number of carboxylic acid groups (broad SMARTS) is 1. The molecule has 1 unspecified atom stereocenters. The molecule has 2 aromatic rings. The molecule has 0 heterocycles. The summed E-state index contributed by atoms with van der Waals surface area (Å²) in [5, 5.41) is 7.97. The van der Waals surface area contributed by atoms with E-state index in [9.17, 15) is 18.3 Å². The van der Waals surface area contributed by atoms with Gasteiger partial charge in [-0.15, -0.1) is 0 Å². The van der Waals surface area contributed by atoms with Crippen LogP contribution in [0.25, 0.3) is 11.1 Å². The quantitative estimate of drug-likeness (QED) is 0.838. The van der Waals surface area contributed by atoms with Crippen LogP contribution in [0.1, 0.15) is 26.2 Å². The summed E-state index contributed by atoms with van der Waals surface area (Å²) in [6.07, 6.45) is 1.43. The lowest BCUT2D eigenvalue weighted by Crippen LogP contribution is -2.30. The molecule has 1 atom stereocenters. The Labute approximate surface area is 136 Å². The first-order chi connectivity index (χ1) is 11.0. The molecule has 0 saturated heterocycles. The van der Waals surface area contributed by atoms with E-state index in [-0.39, 0.29) is 11.3 Å². The summed E-state index contributed by atoms with van der Waals surface area (Å²) in [7, 11) is -3.95. The highest BCUT2D eigenvalue weighted by atomic mass is 32.2. The number of hydrogen-bond donors (Lipinski definition) is 1. The van der Waals surface area contributed by atoms with Gasteiger partial charge >= 0.3 is 5.97 Å². The fourth-order valence-electron chi connectivity index (χ4n) is 2.53. The minimum Gasteiger partial charge on any atom is -0.480 e. The topological polar surface area (TPSA) is 71.4 Å². The molecule has 0 bridgehead atoms. The van der Waals surface area contributed by atoms with Crippen molar-refractivity contribution in [3.8, 4) is 11.1 Å². The molecule has 122 valence electrons. The van der Waals surface area contributed by atoms with Crippen LogP contribution in [0.3, 0.4) is 0 Å². The van der Waals surface area contributed by atoms with Gasteiger partial charge in [0.1, 0.15) is 0 Å². The number of unbranched alkanes of at least 4 members (excludes halogenated alkanes) is 1. The summed E-state index contributed by atoms with van der Waals surface area (Å²) >= 11 is 0. The monoisotopic (exact) mass is 332 g/mol. The molecule has 5 heteroatoms. The number of carboxylic acids is 1. The van der Waals surface area contributed by atoms with Crippen LogP contribution in [-0.2, 0) is 14.6 Å². The highest BCUT2D eigenvalue weighted by molar-refractivity contribution is 7.93. The second-order valence-corrected chi connectivity index (χ2v) is 7.48. The Morgan fingerprint density at radius 1 is 1.04 bits per heavy atom. The van der Waals surface area contributed by atoms with Crippen molar-refractivity contribution in [3.63, 3.8) is 0 Å². The van der Waals surface area contributed by atoms with Crippen molar-refractivity contribution < 1.29 is 18.3 Å². The number of carbonyl (C=O) groups is 1. The summed E-state index contributed by atoms with van der Waals surface area (Å²) < 4.78 is 25.8. The molecule has 0 aromatic heterocycles. The Bertz CT molecular complexity index is 767. The number of rotatable bonds is 7. The van der Waals surface area contributed by atoms with E-state index in [1.54, 1.807) is 18.2 Å². The smallest absolute Gasteiger partial charge is 0.322 e. The van der Waals surface area contributed by atoms with E-state index in [1.165, 1.54) is 6.07 Å². The highest BCUT2D eigenvalue weighted by Crippen LogP contribution is 2.30. The van der Waals surface area contributed by atoms with Crippen LogP contribution in [0.4, 0.5) is 0 Å². The Morgan fingerprint density at radius 2 is 1.65 bits per heavy atom. The van der Waals surface area contributed by atoms with E-state index in [4.69, 9.17) is 0 Å². The first-order valence-electron chi connectivity index (χ1n) is 7.59. The zero-order valence-electron chi connectivity index (χ0n) is 13.0. The molecule has 2 aromatic carbocycles. The van der Waals surface area contributed by atoms with Gasteiger partial charge in [0.25, 0.3) is 0 Å². The lowest BCUT2D eigenvalue weighted by atomic mass is 10.1. The standard InChI is InChI=1S/C18H20O4S/c1-2-3-12-17(18(19)20)23(21,22)16-13-8-7-11-15(16)14-9-5-4-6-10-14/h4-11,13,17H,2-3,12H2,1H3,(H,19,20). The van der Waals surface area contributed by atoms with Gasteiger partial charge in [0, 0.05) is 5.56 Å². The van der Waals surface area contributed by atoms with Gasteiger partial charge < -0.3 is 5.11 Å². The summed E-state index contributed by atoms with van der Waals surface area (Å²) in [5.41, 5.74) is 1.29. The van der Waals surface area contributed by atoms with Crippen LogP contribution in [0.2, 0.25) is 0 Å². The van der Waals surface area contributed by atoms with Crippen LogP contribution in [0, 0.1) is 0 Å². The number of sulfone groups is 1. The maximum Gasteiger partial charge on any atom is 0.322 e. The predicted molar refractivity (Wildman–Crippen MR) is 90.0 cm³/mol. The van der Waals surface area contributed by atoms with Crippen LogP contribution in [0.5, 0.6) is 0 Å². The van der Waals surface area contributed by atoms with E-state index in [0.29, 0.717) is 12.0 Å². The van der Waals surface area contributed by atoms with Crippen LogP contribution < -0.4 is 0 Å². The Hall–Kier alpha value is -2.14. The van der Waals surface area contributed by atoms with Gasteiger partial charge in [0.2, 0.25) is 0 Å². The van der Waals surface area contributed by atoms with E-state index < -0.39 is 21.1 Å². The van der Waals surface area contributed by atoms with Gasteiger partial charge in [-0.1, -0.05) is 68.3 Å². The highest BCUT2D eigenvalue weighted by Gasteiger charge is 2.34. The molecule has 23 heavy (non-hydrogen) atoms. The average Bonchev–Trinajstić information content (AvgIpc) is 2.55. The Kier molecular flexibility index (Phi) is 5.55. The van der Waals surface area contributed by atoms with Crippen molar-refractivity contribution in [3.05, 3.63) is 54.6 Å². The first-order valence-corrected chi connectivity index (χ1v) is 9.14. The van der Waals surface area contributed by atoms with Crippen molar-refractivity contribution >= 4 is 15.8 Å². The maximum atomic E-state index is 12.9. The molecule has 0 amide bonds. The number of hydrogen-bond acceptors (Lipinski definition) is 3. The van der Waals surface area contributed by atoms with Gasteiger partial charge in [0.05, 0.1) is 4.90 Å². The molecule has 4 nitrogen and oxygen atoms in total. The van der Waals surface area contributed by atoms with Crippen molar-refractivity contribution in [2.45, 2.75) is 36.3 Å². The van der Waals surface area contributed by atoms with Crippen molar-refractivity contribution in [2.75, 3.05) is 0 Å². The van der Waals surface area contributed by atoms with Crippen LogP contribution in [0.15, 0.2) is 59.5 Å². The molecule has 0 aliphatic heterocycles. The zero-order chi connectivity index (χ0) is 16.9. The Balaban J connectivity index is 2.54. The van der Waals surface area contributed by atoms with Crippen LogP contribution >= 0.6 is 0 Å². The summed E-state index contributed by atoms with van der Waals surface area (Å²) in [5.74, 6) is -1.29. The van der Waals surface area contributed by atoms with E-state index in [1.807, 2.05) is 37.3 Å². The van der Waals surface area contributed by atoms with Gasteiger partial charge in [-0.2, -0.15) is 0 Å². The van der Waals surface area contributed by atoms with Gasteiger partial charge in [-0.05, 0) is 18.1 Å². The van der Waals surface area contributed by atoms with Crippen molar-refractivity contribution in [1.29, 1.82) is 0 Å². The van der Waals surface area contributed by atoms with E-state index in [0.717, 1.165) is 12.0 Å². The predicted octanol–water partition coefficient (Wildman–Crippen LogP) is 3.77. The third-order valence-electron chi connectivity index (χ3n) is 3.75. The minimum atomic E-state index is -3.95. The van der Waals surface area contributed by atoms with Gasteiger partial charge in [0.15, 0.2) is 15.1 Å². The zero-order valence-corrected chi connectivity index (χ0v) is 13.8. The molecule has 2 rings (SSSR count). The van der Waals surface area contributed by atoms with Crippen LogP contribution in [-0.4, -0.2) is 24.7 Å². The van der Waals surface area contributed by atoms with E-state index >= 15 is 0 Å². The Morgan fingerprint density at radius 3 is 2.26 bits per heavy atom. The molecule has 0 radical (unpaired) electrons. The molecular weight excluding hydrogens is 312 g/mol. The second-order valence-electron chi connectivity index (χ2n) is 5.38. The number of aliphatic carboxylic acids is 1. The first kappa shape index (κ1) is 17.2. The summed E-state index contributed by atoms with van der Waals surface area (Å²) in [6.45, 7) is 1.91. The van der Waals surface area contributed by atoms with Gasteiger partial charge in [-0.3, -0.25) is 4.79 Å². The largest absolute Gasteiger partial charge is 0.480 e. The molecule has 0 aliphatic carbocycles. The lowest BCUT2D eigenvalue weighted by molar-refractivity contribution is -0.136. The number of benzene rings is 2.